The van der Waals surface area contributed by atoms with E-state index in [-0.39, 0.29) is 47.0 Å². The molecule has 0 radical (unpaired) electrons. The number of nitrogens with one attached hydrogen (secondary N) is 3. The quantitative estimate of drug-likeness (QED) is 0.223. The summed E-state index contributed by atoms with van der Waals surface area (Å²) in [4.78, 5) is 7.02. The summed E-state index contributed by atoms with van der Waals surface area (Å²) in [5.74, 6) is -0.864. The standard InChI is InChI=1S/C21H24F2N4O2S.HI/c1-2-24-21(26-11-12-30(28,29)20-6-4-3-5-18(20)23)25-10-9-15-14-27-19-13-16(22)7-8-17(15)19;/h3-8,13-14,27H,2,9-12H2,1H3,(H2,24,25,26);1H. The van der Waals surface area contributed by atoms with Crippen molar-refractivity contribution in [3.8, 4) is 0 Å². The second-order valence-electron chi connectivity index (χ2n) is 6.69. The molecule has 168 valence electrons. The predicted octanol–water partition coefficient (Wildman–Crippen LogP) is 3.64. The number of hydrogen-bond acceptors (Lipinski definition) is 3. The lowest BCUT2D eigenvalue weighted by Crippen LogP contribution is -2.38. The van der Waals surface area contributed by atoms with E-state index < -0.39 is 15.7 Å². The van der Waals surface area contributed by atoms with Crippen molar-refractivity contribution in [2.45, 2.75) is 18.2 Å². The Bertz CT molecular complexity index is 1150. The molecule has 0 bridgehead atoms. The molecule has 0 aliphatic heterocycles. The van der Waals surface area contributed by atoms with Gasteiger partial charge in [0.1, 0.15) is 16.5 Å². The first kappa shape index (κ1) is 25.1. The maximum atomic E-state index is 13.8. The van der Waals surface area contributed by atoms with Crippen LogP contribution in [0.4, 0.5) is 8.78 Å². The second kappa shape index (κ2) is 11.4. The van der Waals surface area contributed by atoms with Gasteiger partial charge in [-0.2, -0.15) is 0 Å². The maximum absolute atomic E-state index is 13.8. The van der Waals surface area contributed by atoms with Gasteiger partial charge in [0.25, 0.3) is 0 Å². The zero-order valence-electron chi connectivity index (χ0n) is 17.0. The fraction of sp³-hybridized carbons (Fsp3) is 0.286. The van der Waals surface area contributed by atoms with E-state index in [9.17, 15) is 17.2 Å². The highest BCUT2D eigenvalue weighted by Gasteiger charge is 2.18. The minimum atomic E-state index is -3.76. The molecule has 0 aliphatic rings. The Morgan fingerprint density at radius 1 is 1.13 bits per heavy atom. The fourth-order valence-corrected chi connectivity index (χ4v) is 4.31. The number of aromatic nitrogens is 1. The molecule has 1 aromatic heterocycles. The predicted molar refractivity (Wildman–Crippen MR) is 130 cm³/mol. The number of aromatic amines is 1. The van der Waals surface area contributed by atoms with Crippen LogP contribution in [-0.2, 0) is 16.3 Å². The molecule has 3 N–H and O–H groups in total. The van der Waals surface area contributed by atoms with Crippen LogP contribution in [0.5, 0.6) is 0 Å². The molecular formula is C21H25F2IN4O2S. The van der Waals surface area contributed by atoms with Crippen molar-refractivity contribution in [1.82, 2.24) is 15.6 Å². The molecule has 1 heterocycles. The van der Waals surface area contributed by atoms with Crippen LogP contribution in [0, 0.1) is 11.6 Å². The summed E-state index contributed by atoms with van der Waals surface area (Å²) in [6, 6.07) is 9.94. The molecule has 0 saturated heterocycles. The zero-order valence-corrected chi connectivity index (χ0v) is 20.1. The van der Waals surface area contributed by atoms with E-state index in [0.717, 1.165) is 22.5 Å². The van der Waals surface area contributed by atoms with Crippen LogP contribution in [0.15, 0.2) is 58.5 Å². The van der Waals surface area contributed by atoms with Gasteiger partial charge >= 0.3 is 0 Å². The van der Waals surface area contributed by atoms with Gasteiger partial charge in [-0.25, -0.2) is 17.2 Å². The van der Waals surface area contributed by atoms with E-state index in [2.05, 4.69) is 20.6 Å². The molecule has 3 aromatic rings. The monoisotopic (exact) mass is 562 g/mol. The van der Waals surface area contributed by atoms with E-state index in [4.69, 9.17) is 0 Å². The lowest BCUT2D eigenvalue weighted by Gasteiger charge is -2.11. The summed E-state index contributed by atoms with van der Waals surface area (Å²) < 4.78 is 51.7. The van der Waals surface area contributed by atoms with Crippen LogP contribution in [0.3, 0.4) is 0 Å². The number of sulfone groups is 1. The molecule has 0 aliphatic carbocycles. The Morgan fingerprint density at radius 2 is 1.90 bits per heavy atom. The molecule has 0 spiro atoms. The lowest BCUT2D eigenvalue weighted by molar-refractivity contribution is 0.567. The molecule has 0 saturated carbocycles. The SMILES string of the molecule is CCNC(=NCCS(=O)(=O)c1ccccc1F)NCCc1c[nH]c2cc(F)ccc12.I. The van der Waals surface area contributed by atoms with E-state index in [1.54, 1.807) is 6.07 Å². The van der Waals surface area contributed by atoms with Crippen molar-refractivity contribution in [2.75, 3.05) is 25.4 Å². The van der Waals surface area contributed by atoms with Crippen molar-refractivity contribution < 1.29 is 17.2 Å². The van der Waals surface area contributed by atoms with Crippen LogP contribution >= 0.6 is 24.0 Å². The number of benzene rings is 2. The van der Waals surface area contributed by atoms with Gasteiger partial charge in [0.2, 0.25) is 0 Å². The Morgan fingerprint density at radius 3 is 2.65 bits per heavy atom. The Balaban J connectivity index is 0.00000341. The molecule has 0 amide bonds. The van der Waals surface area contributed by atoms with Gasteiger partial charge in [-0.15, -0.1) is 24.0 Å². The topological polar surface area (TPSA) is 86.3 Å². The van der Waals surface area contributed by atoms with E-state index in [1.807, 2.05) is 13.1 Å². The average molecular weight is 562 g/mol. The highest BCUT2D eigenvalue weighted by Crippen LogP contribution is 2.19. The number of H-pyrrole nitrogens is 1. The second-order valence-corrected chi connectivity index (χ2v) is 8.77. The molecule has 3 rings (SSSR count). The first-order valence-electron chi connectivity index (χ1n) is 9.65. The number of aliphatic imine (C=N–C) groups is 1. The number of halogens is 3. The highest BCUT2D eigenvalue weighted by atomic mass is 127. The third kappa shape index (κ3) is 6.63. The number of fused-ring (bicyclic) bond motifs is 1. The smallest absolute Gasteiger partial charge is 0.191 e. The van der Waals surface area contributed by atoms with Crippen molar-refractivity contribution in [3.05, 3.63) is 65.9 Å². The van der Waals surface area contributed by atoms with Gasteiger partial charge in [0.05, 0.1) is 12.3 Å². The van der Waals surface area contributed by atoms with Crippen LogP contribution in [0.25, 0.3) is 10.9 Å². The van der Waals surface area contributed by atoms with Gasteiger partial charge in [0, 0.05) is 30.2 Å². The van der Waals surface area contributed by atoms with Crippen molar-refractivity contribution in [3.63, 3.8) is 0 Å². The summed E-state index contributed by atoms with van der Waals surface area (Å²) in [6.45, 7) is 3.06. The Labute approximate surface area is 197 Å². The third-order valence-electron chi connectivity index (χ3n) is 4.56. The molecular weight excluding hydrogens is 537 g/mol. The van der Waals surface area contributed by atoms with E-state index >= 15 is 0 Å². The Hall–Kier alpha value is -2.21. The number of rotatable bonds is 8. The van der Waals surface area contributed by atoms with Gasteiger partial charge in [-0.05, 0) is 49.2 Å². The van der Waals surface area contributed by atoms with Crippen molar-refractivity contribution in [1.29, 1.82) is 0 Å². The van der Waals surface area contributed by atoms with Gasteiger partial charge < -0.3 is 15.6 Å². The minimum absolute atomic E-state index is 0. The highest BCUT2D eigenvalue weighted by molar-refractivity contribution is 14.0. The summed E-state index contributed by atoms with van der Waals surface area (Å²) in [7, 11) is -3.76. The zero-order chi connectivity index (χ0) is 21.6. The van der Waals surface area contributed by atoms with Gasteiger partial charge in [0.15, 0.2) is 15.8 Å². The van der Waals surface area contributed by atoms with Crippen LogP contribution in [-0.4, -0.2) is 44.7 Å². The molecule has 10 heteroatoms. The Kier molecular flexibility index (Phi) is 9.23. The number of guanidine groups is 1. The molecule has 6 nitrogen and oxygen atoms in total. The summed E-state index contributed by atoms with van der Waals surface area (Å²) in [5.41, 5.74) is 1.78. The normalized spacial score (nSPS) is 11.9. The van der Waals surface area contributed by atoms with Crippen LogP contribution < -0.4 is 10.6 Å². The first-order valence-corrected chi connectivity index (χ1v) is 11.3. The van der Waals surface area contributed by atoms with Gasteiger partial charge in [-0.3, -0.25) is 4.99 Å². The maximum Gasteiger partial charge on any atom is 0.191 e. The van der Waals surface area contributed by atoms with Crippen molar-refractivity contribution >= 4 is 50.7 Å². The number of hydrogen-bond donors (Lipinski definition) is 3. The first-order chi connectivity index (χ1) is 14.4. The molecule has 0 atom stereocenters. The van der Waals surface area contributed by atoms with E-state index in [0.29, 0.717) is 25.5 Å². The summed E-state index contributed by atoms with van der Waals surface area (Å²) in [6.07, 6.45) is 2.51. The largest absolute Gasteiger partial charge is 0.361 e. The fourth-order valence-electron chi connectivity index (χ4n) is 3.11. The average Bonchev–Trinajstić information content (AvgIpc) is 3.10. The van der Waals surface area contributed by atoms with E-state index in [1.165, 1.54) is 30.3 Å². The summed E-state index contributed by atoms with van der Waals surface area (Å²) >= 11 is 0. The summed E-state index contributed by atoms with van der Waals surface area (Å²) in [5, 5.41) is 7.17. The van der Waals surface area contributed by atoms with Crippen molar-refractivity contribution in [2.24, 2.45) is 4.99 Å². The third-order valence-corrected chi connectivity index (χ3v) is 6.28. The van der Waals surface area contributed by atoms with Crippen LogP contribution in [0.1, 0.15) is 12.5 Å². The molecule has 0 fully saturated rings. The molecule has 2 aromatic carbocycles. The molecule has 0 unspecified atom stereocenters. The minimum Gasteiger partial charge on any atom is -0.361 e. The van der Waals surface area contributed by atoms with Gasteiger partial charge in [-0.1, -0.05) is 12.1 Å². The molecule has 31 heavy (non-hydrogen) atoms. The number of nitrogens with zero attached hydrogens (tertiary/aromatic N) is 1. The van der Waals surface area contributed by atoms with Crippen LogP contribution in [0.2, 0.25) is 0 Å². The lowest BCUT2D eigenvalue weighted by atomic mass is 10.1.